The maximum atomic E-state index is 12.9. The van der Waals surface area contributed by atoms with Crippen LogP contribution in [0.4, 0.5) is 0 Å². The van der Waals surface area contributed by atoms with Crippen molar-refractivity contribution in [1.29, 1.82) is 0 Å². The second-order valence-electron chi connectivity index (χ2n) is 7.98. The minimum Gasteiger partial charge on any atom is -0.451 e. The molecule has 0 atom stereocenters. The predicted octanol–water partition coefficient (Wildman–Crippen LogP) is 8.24. The predicted molar refractivity (Wildman–Crippen MR) is 147 cm³/mol. The highest BCUT2D eigenvalue weighted by atomic mass is 127. The summed E-state index contributed by atoms with van der Waals surface area (Å²) in [6.45, 7) is 3.86. The van der Waals surface area contributed by atoms with Crippen molar-refractivity contribution in [2.75, 3.05) is 0 Å². The van der Waals surface area contributed by atoms with Gasteiger partial charge in [-0.25, -0.2) is 4.79 Å². The molecule has 4 aromatic rings. The highest BCUT2D eigenvalue weighted by molar-refractivity contribution is 14.1. The van der Waals surface area contributed by atoms with Gasteiger partial charge in [-0.05, 0) is 96.6 Å². The van der Waals surface area contributed by atoms with Gasteiger partial charge in [0.15, 0.2) is 14.7 Å². The van der Waals surface area contributed by atoms with Crippen LogP contribution < -0.4 is 0 Å². The fourth-order valence-corrected chi connectivity index (χ4v) is 6.51. The summed E-state index contributed by atoms with van der Waals surface area (Å²) in [5.41, 5.74) is 0.748. The molecule has 166 valence electrons. The third-order valence-electron chi connectivity index (χ3n) is 5.24. The first kappa shape index (κ1) is 24.0. The van der Waals surface area contributed by atoms with Crippen molar-refractivity contribution in [3.05, 3.63) is 122 Å². The lowest BCUT2D eigenvalue weighted by Gasteiger charge is -2.26. The van der Waals surface area contributed by atoms with Gasteiger partial charge >= 0.3 is 5.97 Å². The van der Waals surface area contributed by atoms with Crippen molar-refractivity contribution < 1.29 is 9.53 Å². The standard InChI is InChI=1S/C28H23BrIO2S/c1-28(2,32-27(31)25-19-21(29)15-18-26(25)30)20-13-16-24(17-14-20)33(22-9-5-3-6-10-22)23-11-7-4-8-12-23/h3-19H,1-2H3/q+1. The van der Waals surface area contributed by atoms with Crippen LogP contribution in [0.15, 0.2) is 122 Å². The van der Waals surface area contributed by atoms with E-state index in [9.17, 15) is 4.79 Å². The number of rotatable bonds is 6. The molecule has 0 aliphatic heterocycles. The molecule has 4 aromatic carbocycles. The van der Waals surface area contributed by atoms with Gasteiger partial charge in [-0.15, -0.1) is 0 Å². The highest BCUT2D eigenvalue weighted by Gasteiger charge is 2.31. The fraction of sp³-hybridized carbons (Fsp3) is 0.107. The molecule has 0 aromatic heterocycles. The summed E-state index contributed by atoms with van der Waals surface area (Å²) in [6.07, 6.45) is 0. The Hall–Kier alpha value is -2.09. The average molecular weight is 630 g/mol. The van der Waals surface area contributed by atoms with Gasteiger partial charge < -0.3 is 4.74 Å². The topological polar surface area (TPSA) is 26.3 Å². The van der Waals surface area contributed by atoms with E-state index in [1.54, 1.807) is 6.07 Å². The summed E-state index contributed by atoms with van der Waals surface area (Å²) < 4.78 is 7.67. The molecule has 0 saturated carbocycles. The van der Waals surface area contributed by atoms with E-state index in [2.05, 4.69) is 111 Å². The lowest BCUT2D eigenvalue weighted by Crippen LogP contribution is -2.26. The Balaban J connectivity index is 1.62. The van der Waals surface area contributed by atoms with E-state index in [1.165, 1.54) is 14.7 Å². The van der Waals surface area contributed by atoms with E-state index in [1.807, 2.05) is 38.1 Å². The van der Waals surface area contributed by atoms with Crippen LogP contribution in [0.25, 0.3) is 0 Å². The summed E-state index contributed by atoms with van der Waals surface area (Å²) >= 11 is 5.60. The van der Waals surface area contributed by atoms with Crippen molar-refractivity contribution in [1.82, 2.24) is 0 Å². The molecular formula is C28H23BrIO2S+. The highest BCUT2D eigenvalue weighted by Crippen LogP contribution is 2.33. The first-order chi connectivity index (χ1) is 15.8. The van der Waals surface area contributed by atoms with Crippen LogP contribution in [0.1, 0.15) is 29.8 Å². The Labute approximate surface area is 220 Å². The Morgan fingerprint density at radius 1 is 0.788 bits per heavy atom. The van der Waals surface area contributed by atoms with Crippen LogP contribution in [0.2, 0.25) is 0 Å². The zero-order valence-electron chi connectivity index (χ0n) is 18.3. The molecular weight excluding hydrogens is 607 g/mol. The van der Waals surface area contributed by atoms with E-state index < -0.39 is 5.60 Å². The number of benzene rings is 4. The molecule has 4 rings (SSSR count). The number of halogens is 2. The Kier molecular flexibility index (Phi) is 7.62. The van der Waals surface area contributed by atoms with E-state index in [0.29, 0.717) is 5.56 Å². The molecule has 0 aliphatic rings. The smallest absolute Gasteiger partial charge is 0.340 e. The van der Waals surface area contributed by atoms with Gasteiger partial charge in [-0.2, -0.15) is 0 Å². The van der Waals surface area contributed by atoms with Gasteiger partial charge in [0.2, 0.25) is 0 Å². The number of hydrogen-bond donors (Lipinski definition) is 0. The molecule has 33 heavy (non-hydrogen) atoms. The van der Waals surface area contributed by atoms with Crippen molar-refractivity contribution in [3.63, 3.8) is 0 Å². The molecule has 0 aliphatic carbocycles. The Bertz CT molecular complexity index is 1200. The monoisotopic (exact) mass is 629 g/mol. The first-order valence-corrected chi connectivity index (χ1v) is 13.6. The molecule has 0 unspecified atom stereocenters. The molecule has 0 heterocycles. The van der Waals surface area contributed by atoms with E-state index in [4.69, 9.17) is 4.74 Å². The van der Waals surface area contributed by atoms with Gasteiger partial charge in [0.25, 0.3) is 0 Å². The minimum atomic E-state index is -0.765. The molecule has 0 fully saturated rings. The number of carbonyl (C=O) groups is 1. The number of hydrogen-bond acceptors (Lipinski definition) is 2. The summed E-state index contributed by atoms with van der Waals surface area (Å²) in [6, 6.07) is 35.2. The lowest BCUT2D eigenvalue weighted by molar-refractivity contribution is -0.00327. The van der Waals surface area contributed by atoms with E-state index in [0.717, 1.165) is 13.6 Å². The van der Waals surface area contributed by atoms with Crippen molar-refractivity contribution in [3.8, 4) is 0 Å². The first-order valence-electron chi connectivity index (χ1n) is 10.5. The van der Waals surface area contributed by atoms with Gasteiger partial charge in [-0.1, -0.05) is 64.5 Å². The van der Waals surface area contributed by atoms with Crippen LogP contribution in [-0.2, 0) is 21.2 Å². The third kappa shape index (κ3) is 5.70. The van der Waals surface area contributed by atoms with Gasteiger partial charge in [0.1, 0.15) is 5.60 Å². The minimum absolute atomic E-state index is 0.210. The summed E-state index contributed by atoms with van der Waals surface area (Å²) in [5, 5.41) is 0. The van der Waals surface area contributed by atoms with Crippen molar-refractivity contribution in [2.45, 2.75) is 34.1 Å². The molecule has 5 heteroatoms. The molecule has 2 nitrogen and oxygen atoms in total. The molecule has 0 bridgehead atoms. The Morgan fingerprint density at radius 3 is 1.85 bits per heavy atom. The fourth-order valence-electron chi connectivity index (χ4n) is 3.51. The van der Waals surface area contributed by atoms with Crippen LogP contribution >= 0.6 is 38.5 Å². The van der Waals surface area contributed by atoms with Crippen LogP contribution in [0, 0.1) is 3.57 Å². The lowest BCUT2D eigenvalue weighted by atomic mass is 9.98. The van der Waals surface area contributed by atoms with E-state index >= 15 is 0 Å². The molecule has 0 N–H and O–H groups in total. The van der Waals surface area contributed by atoms with Crippen LogP contribution in [-0.4, -0.2) is 5.97 Å². The largest absolute Gasteiger partial charge is 0.451 e. The maximum Gasteiger partial charge on any atom is 0.340 e. The number of ether oxygens (including phenoxy) is 1. The third-order valence-corrected chi connectivity index (χ3v) is 8.90. The zero-order chi connectivity index (χ0) is 23.4. The van der Waals surface area contributed by atoms with Crippen LogP contribution in [0.5, 0.6) is 0 Å². The molecule has 0 amide bonds. The molecule has 0 radical (unpaired) electrons. The number of esters is 1. The van der Waals surface area contributed by atoms with E-state index in [-0.39, 0.29) is 16.9 Å². The second kappa shape index (κ2) is 10.5. The van der Waals surface area contributed by atoms with Gasteiger partial charge in [-0.3, -0.25) is 0 Å². The van der Waals surface area contributed by atoms with Gasteiger partial charge in [0, 0.05) is 8.04 Å². The zero-order valence-corrected chi connectivity index (χ0v) is 22.9. The normalized spacial score (nSPS) is 11.4. The van der Waals surface area contributed by atoms with Crippen LogP contribution in [0.3, 0.4) is 0 Å². The second-order valence-corrected chi connectivity index (χ2v) is 12.1. The summed E-state index contributed by atoms with van der Waals surface area (Å²) in [7, 11) is -0.210. The number of carbonyl (C=O) groups excluding carboxylic acids is 1. The summed E-state index contributed by atoms with van der Waals surface area (Å²) in [4.78, 5) is 16.7. The average Bonchev–Trinajstić information content (AvgIpc) is 2.82. The molecule has 0 spiro atoms. The Morgan fingerprint density at radius 2 is 1.30 bits per heavy atom. The quantitative estimate of drug-likeness (QED) is 0.122. The molecule has 0 saturated heterocycles. The van der Waals surface area contributed by atoms with Gasteiger partial charge in [0.05, 0.1) is 16.5 Å². The van der Waals surface area contributed by atoms with Crippen molar-refractivity contribution in [2.24, 2.45) is 0 Å². The SMILES string of the molecule is CC(C)(OC(=O)c1cc(Br)ccc1I)c1ccc([S+](c2ccccc2)c2ccccc2)cc1. The van der Waals surface area contributed by atoms with Crippen molar-refractivity contribution >= 4 is 55.4 Å². The summed E-state index contributed by atoms with van der Waals surface area (Å²) in [5.74, 6) is -0.330. The maximum absolute atomic E-state index is 12.9.